The first kappa shape index (κ1) is 23.2. The standard InChI is InChI=1S/C17H30FNO10/c18-2-9-13(24)7(22)1-11(27-9)29-16-10(5-21)28-17(15(26)14(16)25)12-6(4-20)19-3-8(12)23/h6-17,19-26H,1-5H2/t6-,7?,8-,9-,10?,11+,12?,13+,14?,15-,16-,17-/m1/s1. The van der Waals surface area contributed by atoms with Crippen LogP contribution in [-0.2, 0) is 14.2 Å². The topological polar surface area (TPSA) is 181 Å². The fraction of sp³-hybridized carbons (Fsp3) is 1.00. The number of ether oxygens (including phenoxy) is 3. The molecule has 3 saturated heterocycles. The zero-order valence-corrected chi connectivity index (χ0v) is 15.7. The van der Waals surface area contributed by atoms with Crippen LogP contribution in [0.3, 0.4) is 0 Å². The van der Waals surface area contributed by atoms with Crippen molar-refractivity contribution < 1.29 is 54.3 Å². The van der Waals surface area contributed by atoms with Gasteiger partial charge in [-0.15, -0.1) is 0 Å². The van der Waals surface area contributed by atoms with Crippen LogP contribution in [0.15, 0.2) is 0 Å². The molecule has 0 aromatic rings. The molecule has 0 bridgehead atoms. The first-order valence-corrected chi connectivity index (χ1v) is 9.70. The van der Waals surface area contributed by atoms with Crippen molar-refractivity contribution in [1.82, 2.24) is 5.32 Å². The van der Waals surface area contributed by atoms with E-state index in [2.05, 4.69) is 5.32 Å². The number of nitrogens with one attached hydrogen (secondary N) is 1. The summed E-state index contributed by atoms with van der Waals surface area (Å²) in [6, 6.07) is -0.572. The number of aliphatic hydroxyl groups is 7. The largest absolute Gasteiger partial charge is 0.395 e. The van der Waals surface area contributed by atoms with Crippen LogP contribution in [0.25, 0.3) is 0 Å². The average molecular weight is 427 g/mol. The van der Waals surface area contributed by atoms with Crippen LogP contribution in [-0.4, -0.2) is 129 Å². The summed E-state index contributed by atoms with van der Waals surface area (Å²) in [5.74, 6) is -0.738. The minimum Gasteiger partial charge on any atom is -0.395 e. The summed E-state index contributed by atoms with van der Waals surface area (Å²) in [6.07, 6.45) is -13.0. The normalized spacial score (nSPS) is 51.3. The van der Waals surface area contributed by atoms with E-state index in [1.165, 1.54) is 0 Å². The van der Waals surface area contributed by atoms with Gasteiger partial charge in [-0.05, 0) is 0 Å². The molecule has 0 amide bonds. The monoisotopic (exact) mass is 427 g/mol. The molecule has 0 aromatic heterocycles. The van der Waals surface area contributed by atoms with Gasteiger partial charge in [-0.25, -0.2) is 4.39 Å². The summed E-state index contributed by atoms with van der Waals surface area (Å²) >= 11 is 0. The van der Waals surface area contributed by atoms with Gasteiger partial charge < -0.3 is 55.3 Å². The Labute approximate surface area is 166 Å². The van der Waals surface area contributed by atoms with Gasteiger partial charge in [-0.3, -0.25) is 0 Å². The number of aliphatic hydroxyl groups excluding tert-OH is 7. The van der Waals surface area contributed by atoms with Crippen LogP contribution in [0.5, 0.6) is 0 Å². The van der Waals surface area contributed by atoms with Gasteiger partial charge in [0.05, 0.1) is 31.5 Å². The highest BCUT2D eigenvalue weighted by atomic mass is 19.1. The highest BCUT2D eigenvalue weighted by Crippen LogP contribution is 2.34. The Morgan fingerprint density at radius 3 is 2.24 bits per heavy atom. The fourth-order valence-electron chi connectivity index (χ4n) is 4.35. The Hall–Kier alpha value is -0.510. The molecule has 12 atom stereocenters. The number of rotatable bonds is 6. The summed E-state index contributed by atoms with van der Waals surface area (Å²) in [6.45, 7) is -1.82. The van der Waals surface area contributed by atoms with Crippen LogP contribution in [0, 0.1) is 5.92 Å². The fourth-order valence-corrected chi connectivity index (χ4v) is 4.35. The molecule has 3 fully saturated rings. The third-order valence-electron chi connectivity index (χ3n) is 5.97. The Morgan fingerprint density at radius 2 is 1.62 bits per heavy atom. The molecule has 0 aliphatic carbocycles. The molecule has 3 aliphatic heterocycles. The maximum absolute atomic E-state index is 13.0. The Morgan fingerprint density at radius 1 is 0.897 bits per heavy atom. The third-order valence-corrected chi connectivity index (χ3v) is 5.97. The Bertz CT molecular complexity index is 530. The van der Waals surface area contributed by atoms with Crippen LogP contribution in [0.4, 0.5) is 4.39 Å². The third kappa shape index (κ3) is 4.57. The predicted octanol–water partition coefficient (Wildman–Crippen LogP) is -4.40. The highest BCUT2D eigenvalue weighted by Gasteiger charge is 2.53. The number of hydrogen-bond donors (Lipinski definition) is 8. The van der Waals surface area contributed by atoms with Gasteiger partial charge in [0.2, 0.25) is 0 Å². The van der Waals surface area contributed by atoms with Crippen molar-refractivity contribution in [2.24, 2.45) is 5.92 Å². The lowest BCUT2D eigenvalue weighted by atomic mass is 9.83. The zero-order valence-electron chi connectivity index (χ0n) is 15.7. The molecule has 3 heterocycles. The number of halogens is 1. The predicted molar refractivity (Wildman–Crippen MR) is 92.3 cm³/mol. The average Bonchev–Trinajstić information content (AvgIpc) is 3.08. The van der Waals surface area contributed by atoms with Gasteiger partial charge >= 0.3 is 0 Å². The molecule has 0 radical (unpaired) electrons. The van der Waals surface area contributed by atoms with E-state index in [-0.39, 0.29) is 19.6 Å². The van der Waals surface area contributed by atoms with Crippen molar-refractivity contribution in [2.45, 2.75) is 73.7 Å². The maximum atomic E-state index is 13.0. The van der Waals surface area contributed by atoms with Crippen molar-refractivity contribution >= 4 is 0 Å². The van der Waals surface area contributed by atoms with Crippen LogP contribution in [0.2, 0.25) is 0 Å². The van der Waals surface area contributed by atoms with Crippen LogP contribution >= 0.6 is 0 Å². The molecule has 12 heteroatoms. The minimum absolute atomic E-state index is 0.170. The van der Waals surface area contributed by atoms with E-state index in [9.17, 15) is 40.1 Å². The van der Waals surface area contributed by atoms with E-state index in [4.69, 9.17) is 14.2 Å². The van der Waals surface area contributed by atoms with E-state index in [1.54, 1.807) is 0 Å². The van der Waals surface area contributed by atoms with Crippen LogP contribution < -0.4 is 5.32 Å². The summed E-state index contributed by atoms with van der Waals surface area (Å²) in [5, 5.41) is 73.1. The first-order valence-electron chi connectivity index (χ1n) is 9.70. The van der Waals surface area contributed by atoms with Gasteiger partial charge in [0.15, 0.2) is 6.29 Å². The molecular weight excluding hydrogens is 397 g/mol. The SMILES string of the molecule is OCC1O[C@H](C2[C@H](O)CN[C@@H]2CO)[C@H](O)C(O)[C@@H]1O[C@H]1CC(O)[C@H](O)[C@@H](CF)O1. The maximum Gasteiger partial charge on any atom is 0.161 e. The summed E-state index contributed by atoms with van der Waals surface area (Å²) in [4.78, 5) is 0. The van der Waals surface area contributed by atoms with E-state index in [1.807, 2.05) is 0 Å². The lowest BCUT2D eigenvalue weighted by molar-refractivity contribution is -0.319. The summed E-state index contributed by atoms with van der Waals surface area (Å²) in [5.41, 5.74) is 0. The molecule has 0 spiro atoms. The molecule has 0 saturated carbocycles. The Balaban J connectivity index is 1.71. The van der Waals surface area contributed by atoms with Gasteiger partial charge in [-0.2, -0.15) is 0 Å². The molecule has 8 N–H and O–H groups in total. The molecule has 29 heavy (non-hydrogen) atoms. The number of β-amino-alcohol motifs (C(OH)–C–C–N with tert-alkyl or cyclic N) is 1. The Kier molecular flexibility index (Phi) is 7.78. The smallest absolute Gasteiger partial charge is 0.161 e. The molecule has 3 aliphatic rings. The van der Waals surface area contributed by atoms with Crippen molar-refractivity contribution in [3.05, 3.63) is 0 Å². The lowest BCUT2D eigenvalue weighted by Crippen LogP contribution is -2.64. The summed E-state index contributed by atoms with van der Waals surface area (Å²) < 4.78 is 29.6. The number of hydrogen-bond acceptors (Lipinski definition) is 11. The van der Waals surface area contributed by atoms with Crippen molar-refractivity contribution in [2.75, 3.05) is 26.4 Å². The minimum atomic E-state index is -1.56. The van der Waals surface area contributed by atoms with Crippen LogP contribution in [0.1, 0.15) is 6.42 Å². The van der Waals surface area contributed by atoms with Gasteiger partial charge in [0.25, 0.3) is 0 Å². The van der Waals surface area contributed by atoms with E-state index in [0.717, 1.165) is 0 Å². The molecule has 4 unspecified atom stereocenters. The quantitative estimate of drug-likeness (QED) is 0.205. The van der Waals surface area contributed by atoms with Crippen molar-refractivity contribution in [3.63, 3.8) is 0 Å². The van der Waals surface area contributed by atoms with Crippen molar-refractivity contribution in [3.8, 4) is 0 Å². The van der Waals surface area contributed by atoms with Gasteiger partial charge in [0, 0.05) is 24.9 Å². The first-order chi connectivity index (χ1) is 13.8. The molecular formula is C17H30FNO10. The molecule has 170 valence electrons. The van der Waals surface area contributed by atoms with Gasteiger partial charge in [-0.1, -0.05) is 0 Å². The van der Waals surface area contributed by atoms with Gasteiger partial charge in [0.1, 0.15) is 43.3 Å². The van der Waals surface area contributed by atoms with E-state index >= 15 is 0 Å². The van der Waals surface area contributed by atoms with Crippen molar-refractivity contribution in [1.29, 1.82) is 0 Å². The molecule has 3 rings (SSSR count). The van der Waals surface area contributed by atoms with E-state index in [0.29, 0.717) is 0 Å². The molecule has 0 aromatic carbocycles. The highest BCUT2D eigenvalue weighted by molar-refractivity contribution is 5.03. The zero-order chi connectivity index (χ0) is 21.3. The second-order valence-electron chi connectivity index (χ2n) is 7.80. The summed E-state index contributed by atoms with van der Waals surface area (Å²) in [7, 11) is 0. The number of alkyl halides is 1. The van der Waals surface area contributed by atoms with E-state index < -0.39 is 86.5 Å². The second-order valence-corrected chi connectivity index (χ2v) is 7.80. The molecule has 11 nitrogen and oxygen atoms in total. The second kappa shape index (κ2) is 9.75. The lowest BCUT2D eigenvalue weighted by Gasteiger charge is -2.47.